The van der Waals surface area contributed by atoms with Crippen molar-refractivity contribution in [3.8, 4) is 11.3 Å². The zero-order chi connectivity index (χ0) is 17.3. The number of hydrogen-bond donors (Lipinski definition) is 0. The lowest BCUT2D eigenvalue weighted by atomic mass is 10.1. The number of ether oxygens (including phenoxy) is 1. The molecule has 0 N–H and O–H groups in total. The quantitative estimate of drug-likeness (QED) is 0.649. The van der Waals surface area contributed by atoms with Gasteiger partial charge in [-0.25, -0.2) is 0 Å². The number of carbonyl (C=O) groups is 1. The zero-order valence-corrected chi connectivity index (χ0v) is 15.0. The van der Waals surface area contributed by atoms with Crippen molar-refractivity contribution in [2.75, 3.05) is 0 Å². The number of furan rings is 1. The first-order valence-corrected chi connectivity index (χ1v) is 8.47. The molecule has 0 spiro atoms. The lowest BCUT2D eigenvalue weighted by molar-refractivity contribution is -0.147. The molecule has 1 aromatic carbocycles. The molecule has 0 unspecified atom stereocenters. The van der Waals surface area contributed by atoms with Crippen LogP contribution in [0.4, 0.5) is 0 Å². The Kier molecular flexibility index (Phi) is 4.75. The molecule has 1 heterocycles. The van der Waals surface area contributed by atoms with E-state index < -0.39 is 0 Å². The summed E-state index contributed by atoms with van der Waals surface area (Å²) in [5, 5.41) is 0. The van der Waals surface area contributed by atoms with Crippen molar-refractivity contribution in [3.05, 3.63) is 58.8 Å². The van der Waals surface area contributed by atoms with Gasteiger partial charge in [-0.1, -0.05) is 67.4 Å². The van der Waals surface area contributed by atoms with E-state index in [0.717, 1.165) is 16.9 Å². The van der Waals surface area contributed by atoms with Crippen molar-refractivity contribution in [1.29, 1.82) is 0 Å². The summed E-state index contributed by atoms with van der Waals surface area (Å²) in [5.41, 5.74) is 1.63. The third kappa shape index (κ3) is 3.52. The van der Waals surface area contributed by atoms with Gasteiger partial charge in [-0.3, -0.25) is 4.79 Å². The highest BCUT2D eigenvalue weighted by Crippen LogP contribution is 2.60. The first-order valence-electron chi connectivity index (χ1n) is 7.72. The maximum absolute atomic E-state index is 12.3. The number of carbonyl (C=O) groups excluding carboxylic acids is 1. The second-order valence-corrected chi connectivity index (χ2v) is 7.58. The van der Waals surface area contributed by atoms with Crippen LogP contribution in [0.1, 0.15) is 19.4 Å². The number of allylic oxidation sites excluding steroid dienone is 1. The monoisotopic (exact) mass is 364 g/mol. The second-order valence-electron chi connectivity index (χ2n) is 6.57. The maximum Gasteiger partial charge on any atom is 0.310 e. The van der Waals surface area contributed by atoms with E-state index in [4.69, 9.17) is 32.4 Å². The Morgan fingerprint density at radius 3 is 2.67 bits per heavy atom. The molecule has 2 aromatic rings. The Labute approximate surface area is 151 Å². The molecule has 1 saturated carbocycles. The summed E-state index contributed by atoms with van der Waals surface area (Å²) in [5.74, 6) is 0.311. The molecule has 0 saturated heterocycles. The summed E-state index contributed by atoms with van der Waals surface area (Å²) >= 11 is 11.4. The van der Waals surface area contributed by atoms with Crippen LogP contribution < -0.4 is 0 Å². The first-order chi connectivity index (χ1) is 11.4. The highest BCUT2D eigenvalue weighted by atomic mass is 35.5. The van der Waals surface area contributed by atoms with Gasteiger partial charge in [-0.15, -0.1) is 0 Å². The molecular weight excluding hydrogens is 347 g/mol. The van der Waals surface area contributed by atoms with Gasteiger partial charge in [0.2, 0.25) is 0 Å². The van der Waals surface area contributed by atoms with E-state index in [-0.39, 0.29) is 34.3 Å². The van der Waals surface area contributed by atoms with Crippen LogP contribution in [0.25, 0.3) is 11.3 Å². The fourth-order valence-electron chi connectivity index (χ4n) is 3.02. The predicted octanol–water partition coefficient (Wildman–Crippen LogP) is 5.58. The molecule has 126 valence electrons. The summed E-state index contributed by atoms with van der Waals surface area (Å²) in [7, 11) is 0. The maximum atomic E-state index is 12.3. The van der Waals surface area contributed by atoms with Crippen LogP contribution in [-0.2, 0) is 16.1 Å². The molecule has 0 radical (unpaired) electrons. The average Bonchev–Trinajstić information content (AvgIpc) is 2.90. The normalized spacial score (nSPS) is 21.2. The highest BCUT2D eigenvalue weighted by molar-refractivity contribution is 6.55. The minimum atomic E-state index is -0.238. The molecule has 1 aromatic heterocycles. The van der Waals surface area contributed by atoms with Crippen molar-refractivity contribution in [1.82, 2.24) is 0 Å². The van der Waals surface area contributed by atoms with Gasteiger partial charge in [0.15, 0.2) is 0 Å². The molecule has 3 rings (SSSR count). The van der Waals surface area contributed by atoms with Crippen LogP contribution in [-0.4, -0.2) is 5.97 Å². The molecule has 2 atom stereocenters. The molecule has 3 nitrogen and oxygen atoms in total. The van der Waals surface area contributed by atoms with Crippen LogP contribution >= 0.6 is 23.2 Å². The van der Waals surface area contributed by atoms with Gasteiger partial charge in [-0.2, -0.15) is 0 Å². The van der Waals surface area contributed by atoms with Gasteiger partial charge in [0, 0.05) is 11.1 Å². The Bertz CT molecular complexity index is 758. The van der Waals surface area contributed by atoms with Crippen LogP contribution in [0.5, 0.6) is 0 Å². The fourth-order valence-corrected chi connectivity index (χ4v) is 3.30. The van der Waals surface area contributed by atoms with Crippen molar-refractivity contribution >= 4 is 29.2 Å². The van der Waals surface area contributed by atoms with Crippen molar-refractivity contribution in [3.63, 3.8) is 0 Å². The SMILES string of the molecule is CC1(C)[C@H](C=C(Cl)Cl)[C@H]1C(=O)OCc1coc(-c2ccccc2)c1. The molecule has 0 aliphatic heterocycles. The number of esters is 1. The molecule has 24 heavy (non-hydrogen) atoms. The van der Waals surface area contributed by atoms with E-state index in [0.29, 0.717) is 0 Å². The summed E-state index contributed by atoms with van der Waals surface area (Å²) in [4.78, 5) is 12.3. The fraction of sp³-hybridized carbons (Fsp3) is 0.316. The Morgan fingerprint density at radius 1 is 1.29 bits per heavy atom. The predicted molar refractivity (Wildman–Crippen MR) is 94.5 cm³/mol. The summed E-state index contributed by atoms with van der Waals surface area (Å²) in [6.07, 6.45) is 3.32. The second kappa shape index (κ2) is 6.66. The van der Waals surface area contributed by atoms with E-state index >= 15 is 0 Å². The summed E-state index contributed by atoms with van der Waals surface area (Å²) in [6.45, 7) is 4.19. The Morgan fingerprint density at radius 2 is 2.00 bits per heavy atom. The minimum Gasteiger partial charge on any atom is -0.464 e. The van der Waals surface area contributed by atoms with Gasteiger partial charge in [0.05, 0.1) is 12.2 Å². The molecule has 5 heteroatoms. The molecular formula is C19H18Cl2O3. The van der Waals surface area contributed by atoms with E-state index in [1.165, 1.54) is 0 Å². The Hall–Kier alpha value is -1.71. The van der Waals surface area contributed by atoms with Crippen LogP contribution in [0.2, 0.25) is 0 Å². The zero-order valence-electron chi connectivity index (χ0n) is 13.5. The van der Waals surface area contributed by atoms with E-state index in [9.17, 15) is 4.79 Å². The van der Waals surface area contributed by atoms with Crippen LogP contribution in [0.3, 0.4) is 0 Å². The van der Waals surface area contributed by atoms with Gasteiger partial charge < -0.3 is 9.15 Å². The number of halogens is 2. The number of rotatable bonds is 5. The van der Waals surface area contributed by atoms with Crippen molar-refractivity contribution < 1.29 is 13.9 Å². The van der Waals surface area contributed by atoms with Crippen LogP contribution in [0.15, 0.2) is 57.6 Å². The smallest absolute Gasteiger partial charge is 0.310 e. The van der Waals surface area contributed by atoms with Crippen molar-refractivity contribution in [2.45, 2.75) is 20.5 Å². The van der Waals surface area contributed by atoms with Gasteiger partial charge in [0.25, 0.3) is 0 Å². The minimum absolute atomic E-state index is 0.0132. The van der Waals surface area contributed by atoms with E-state index in [1.54, 1.807) is 12.3 Å². The lowest BCUT2D eigenvalue weighted by Crippen LogP contribution is -2.10. The first kappa shape index (κ1) is 17.1. The number of benzene rings is 1. The number of hydrogen-bond acceptors (Lipinski definition) is 3. The third-order valence-corrected chi connectivity index (χ3v) is 4.82. The standard InChI is InChI=1S/C19H18Cl2O3/c1-19(2)14(9-16(20)21)17(19)18(22)24-11-12-8-15(23-10-12)13-6-4-3-5-7-13/h3-10,14,17H,11H2,1-2H3/t14-,17+/m1/s1. The molecule has 1 fully saturated rings. The molecule has 0 bridgehead atoms. The lowest BCUT2D eigenvalue weighted by Gasteiger charge is -2.03. The molecule has 1 aliphatic rings. The topological polar surface area (TPSA) is 39.4 Å². The summed E-state index contributed by atoms with van der Waals surface area (Å²) in [6, 6.07) is 11.7. The third-order valence-electron chi connectivity index (χ3n) is 4.56. The van der Waals surface area contributed by atoms with E-state index in [2.05, 4.69) is 0 Å². The summed E-state index contributed by atoms with van der Waals surface area (Å²) < 4.78 is 11.2. The van der Waals surface area contributed by atoms with Crippen LogP contribution in [0, 0.1) is 17.3 Å². The Balaban J connectivity index is 1.60. The molecule has 1 aliphatic carbocycles. The van der Waals surface area contributed by atoms with Crippen molar-refractivity contribution in [2.24, 2.45) is 17.3 Å². The van der Waals surface area contributed by atoms with Gasteiger partial charge in [0.1, 0.15) is 16.9 Å². The average molecular weight is 365 g/mol. The van der Waals surface area contributed by atoms with E-state index in [1.807, 2.05) is 50.2 Å². The largest absolute Gasteiger partial charge is 0.464 e. The van der Waals surface area contributed by atoms with Gasteiger partial charge in [-0.05, 0) is 23.5 Å². The highest BCUT2D eigenvalue weighted by Gasteiger charge is 2.61. The molecule has 0 amide bonds. The van der Waals surface area contributed by atoms with Gasteiger partial charge >= 0.3 is 5.97 Å².